The lowest BCUT2D eigenvalue weighted by molar-refractivity contribution is 0.0544. The van der Waals surface area contributed by atoms with Gasteiger partial charge in [-0.25, -0.2) is 9.78 Å². The number of nitrogens with zero attached hydrogens (tertiary/aromatic N) is 2. The lowest BCUT2D eigenvalue weighted by Crippen LogP contribution is -2.26. The van der Waals surface area contributed by atoms with Crippen LogP contribution in [0.5, 0.6) is 0 Å². The minimum atomic E-state index is -0.522. The maximum Gasteiger partial charge on any atom is 0.419 e. The summed E-state index contributed by atoms with van der Waals surface area (Å²) in [7, 11) is 0. The second-order valence-corrected chi connectivity index (χ2v) is 5.82. The van der Waals surface area contributed by atoms with Gasteiger partial charge >= 0.3 is 6.09 Å². The summed E-state index contributed by atoms with van der Waals surface area (Å²) in [4.78, 5) is 16.6. The lowest BCUT2D eigenvalue weighted by Gasteiger charge is -2.19. The van der Waals surface area contributed by atoms with Crippen LogP contribution in [0.25, 0.3) is 11.0 Å². The van der Waals surface area contributed by atoms with E-state index in [4.69, 9.17) is 10.5 Å². The highest BCUT2D eigenvalue weighted by atomic mass is 35.5. The summed E-state index contributed by atoms with van der Waals surface area (Å²) in [5, 5.41) is 0. The minimum Gasteiger partial charge on any atom is -0.443 e. The summed E-state index contributed by atoms with van der Waals surface area (Å²) < 4.78 is 6.83. The van der Waals surface area contributed by atoms with E-state index in [1.807, 2.05) is 39.8 Å². The average Bonchev–Trinajstić information content (AvgIpc) is 2.78. The van der Waals surface area contributed by atoms with Gasteiger partial charge in [-0.3, -0.25) is 4.57 Å². The zero-order chi connectivity index (χ0) is 14.9. The number of hydrogen-bond acceptors (Lipinski definition) is 4. The highest BCUT2D eigenvalue weighted by molar-refractivity contribution is 5.87. The third-order valence-corrected chi connectivity index (χ3v) is 2.97. The molecular weight excluding hydrogens is 290 g/mol. The third kappa shape index (κ3) is 3.95. The van der Waals surface area contributed by atoms with Crippen molar-refractivity contribution >= 4 is 29.5 Å². The number of ether oxygens (including phenoxy) is 1. The maximum atomic E-state index is 12.1. The van der Waals surface area contributed by atoms with Crippen molar-refractivity contribution in [1.82, 2.24) is 9.55 Å². The molecule has 0 spiro atoms. The predicted molar refractivity (Wildman–Crippen MR) is 85.8 cm³/mol. The van der Waals surface area contributed by atoms with Crippen LogP contribution in [-0.4, -0.2) is 21.2 Å². The first kappa shape index (κ1) is 17.5. The largest absolute Gasteiger partial charge is 0.443 e. The average molecular weight is 312 g/mol. The zero-order valence-electron chi connectivity index (χ0n) is 12.8. The number of rotatable bonds is 2. The van der Waals surface area contributed by atoms with E-state index in [2.05, 4.69) is 4.98 Å². The normalized spacial score (nSPS) is 12.8. The molecule has 2 N–H and O–H groups in total. The summed E-state index contributed by atoms with van der Waals surface area (Å²) in [6.45, 7) is 7.54. The molecule has 116 valence electrons. The van der Waals surface area contributed by atoms with Gasteiger partial charge in [-0.15, -0.1) is 12.4 Å². The highest BCUT2D eigenvalue weighted by Crippen LogP contribution is 2.20. The number of halogens is 1. The summed E-state index contributed by atoms with van der Waals surface area (Å²) in [6, 6.07) is 5.43. The van der Waals surface area contributed by atoms with E-state index in [9.17, 15) is 4.79 Å². The van der Waals surface area contributed by atoms with Crippen LogP contribution in [-0.2, 0) is 4.74 Å². The third-order valence-electron chi connectivity index (χ3n) is 2.97. The first-order chi connectivity index (χ1) is 9.31. The first-order valence-electron chi connectivity index (χ1n) is 6.79. The van der Waals surface area contributed by atoms with E-state index in [1.165, 1.54) is 4.57 Å². The fourth-order valence-corrected chi connectivity index (χ4v) is 1.92. The smallest absolute Gasteiger partial charge is 0.419 e. The highest BCUT2D eigenvalue weighted by Gasteiger charge is 2.19. The van der Waals surface area contributed by atoms with Crippen LogP contribution in [0.1, 0.15) is 45.9 Å². The fourth-order valence-electron chi connectivity index (χ4n) is 1.92. The second-order valence-electron chi connectivity index (χ2n) is 5.82. The number of nitrogens with two attached hydrogens (primary N) is 1. The fraction of sp³-hybridized carbons (Fsp3) is 0.467. The number of aromatic nitrogens is 2. The zero-order valence-corrected chi connectivity index (χ0v) is 13.6. The molecule has 21 heavy (non-hydrogen) atoms. The molecule has 0 saturated heterocycles. The first-order valence-corrected chi connectivity index (χ1v) is 6.79. The van der Waals surface area contributed by atoms with Crippen molar-refractivity contribution < 1.29 is 9.53 Å². The molecule has 2 rings (SSSR count). The van der Waals surface area contributed by atoms with Gasteiger partial charge in [-0.05, 0) is 45.4 Å². The Morgan fingerprint density at radius 2 is 2.05 bits per heavy atom. The summed E-state index contributed by atoms with van der Waals surface area (Å²) in [5.41, 5.74) is 7.76. The molecular formula is C15H22ClN3O2. The van der Waals surface area contributed by atoms with Gasteiger partial charge in [0.25, 0.3) is 0 Å². The van der Waals surface area contributed by atoms with Crippen LogP contribution in [0.3, 0.4) is 0 Å². The number of pyridine rings is 1. The molecule has 1 atom stereocenters. The van der Waals surface area contributed by atoms with E-state index < -0.39 is 11.7 Å². The molecule has 0 aliphatic rings. The van der Waals surface area contributed by atoms with Gasteiger partial charge < -0.3 is 10.5 Å². The van der Waals surface area contributed by atoms with Crippen LogP contribution in [0.4, 0.5) is 4.79 Å². The van der Waals surface area contributed by atoms with Crippen LogP contribution < -0.4 is 5.73 Å². The van der Waals surface area contributed by atoms with E-state index in [-0.39, 0.29) is 18.4 Å². The monoisotopic (exact) mass is 311 g/mol. The Hall–Kier alpha value is -1.59. The van der Waals surface area contributed by atoms with Crippen LogP contribution >= 0.6 is 12.4 Å². The summed E-state index contributed by atoms with van der Waals surface area (Å²) in [6.07, 6.45) is 2.10. The molecule has 0 bridgehead atoms. The SMILES string of the molecule is CC[C@H](N)c1ccc2c(ccn2C(=O)OC(C)(C)C)n1.Cl. The molecule has 2 aromatic heterocycles. The molecule has 5 nitrogen and oxygen atoms in total. The Bertz CT molecular complexity index is 631. The molecule has 6 heteroatoms. The van der Waals surface area contributed by atoms with E-state index in [0.29, 0.717) is 0 Å². The molecule has 0 unspecified atom stereocenters. The molecule has 0 radical (unpaired) electrons. The van der Waals surface area contributed by atoms with Gasteiger partial charge in [0.2, 0.25) is 0 Å². The van der Waals surface area contributed by atoms with Gasteiger partial charge in [0.15, 0.2) is 0 Å². The van der Waals surface area contributed by atoms with E-state index in [1.54, 1.807) is 12.3 Å². The number of fused-ring (bicyclic) bond motifs is 1. The molecule has 0 aliphatic carbocycles. The van der Waals surface area contributed by atoms with Crippen molar-refractivity contribution in [2.24, 2.45) is 5.73 Å². The molecule has 2 heterocycles. The molecule has 0 aromatic carbocycles. The second kappa shape index (κ2) is 6.45. The minimum absolute atomic E-state index is 0. The number of carbonyl (C=O) groups excluding carboxylic acids is 1. The molecule has 2 aromatic rings. The van der Waals surface area contributed by atoms with Crippen LogP contribution in [0, 0.1) is 0 Å². The summed E-state index contributed by atoms with van der Waals surface area (Å²) >= 11 is 0. The van der Waals surface area contributed by atoms with Crippen molar-refractivity contribution in [3.8, 4) is 0 Å². The maximum absolute atomic E-state index is 12.1. The van der Waals surface area contributed by atoms with Gasteiger partial charge in [0.05, 0.1) is 16.7 Å². The Balaban J connectivity index is 0.00000220. The topological polar surface area (TPSA) is 70.1 Å². The number of hydrogen-bond donors (Lipinski definition) is 1. The van der Waals surface area contributed by atoms with Crippen LogP contribution in [0.15, 0.2) is 24.4 Å². The van der Waals surface area contributed by atoms with Crippen molar-refractivity contribution in [2.75, 3.05) is 0 Å². The molecule has 0 amide bonds. The lowest BCUT2D eigenvalue weighted by atomic mass is 10.1. The van der Waals surface area contributed by atoms with Gasteiger partial charge in [0.1, 0.15) is 5.60 Å². The predicted octanol–water partition coefficient (Wildman–Crippen LogP) is 3.65. The number of carbonyl (C=O) groups is 1. The van der Waals surface area contributed by atoms with Crippen molar-refractivity contribution in [2.45, 2.75) is 45.8 Å². The van der Waals surface area contributed by atoms with Crippen molar-refractivity contribution in [1.29, 1.82) is 0 Å². The van der Waals surface area contributed by atoms with Gasteiger partial charge in [-0.1, -0.05) is 6.92 Å². The van der Waals surface area contributed by atoms with E-state index in [0.717, 1.165) is 23.1 Å². The van der Waals surface area contributed by atoms with E-state index >= 15 is 0 Å². The Morgan fingerprint density at radius 1 is 1.38 bits per heavy atom. The Kier molecular flexibility index (Phi) is 5.36. The van der Waals surface area contributed by atoms with Gasteiger partial charge in [-0.2, -0.15) is 0 Å². The molecule has 0 saturated carbocycles. The van der Waals surface area contributed by atoms with Crippen molar-refractivity contribution in [3.05, 3.63) is 30.1 Å². The van der Waals surface area contributed by atoms with Crippen LogP contribution in [0.2, 0.25) is 0 Å². The van der Waals surface area contributed by atoms with Gasteiger partial charge in [0, 0.05) is 12.2 Å². The molecule has 0 aliphatic heterocycles. The van der Waals surface area contributed by atoms with Crippen molar-refractivity contribution in [3.63, 3.8) is 0 Å². The Labute approximate surface area is 130 Å². The standard InChI is InChI=1S/C15H21N3O2.ClH/c1-5-10(16)11-6-7-13-12(17-11)8-9-18(13)14(19)20-15(2,3)4;/h6-10H,5,16H2,1-4H3;1H/t10-;/m0./s1. The quantitative estimate of drug-likeness (QED) is 0.919. The summed E-state index contributed by atoms with van der Waals surface area (Å²) in [5.74, 6) is 0. The molecule has 0 fully saturated rings. The Morgan fingerprint density at radius 3 is 2.62 bits per heavy atom.